The van der Waals surface area contributed by atoms with Crippen LogP contribution in [0.2, 0.25) is 0 Å². The minimum atomic E-state index is -0.599. The Hall–Kier alpha value is -3.46. The van der Waals surface area contributed by atoms with Gasteiger partial charge in [0.15, 0.2) is 0 Å². The number of aromatic amines is 1. The van der Waals surface area contributed by atoms with Crippen LogP contribution in [0.1, 0.15) is 59.9 Å². The number of nitriles is 1. The van der Waals surface area contributed by atoms with Crippen molar-refractivity contribution in [2.75, 3.05) is 13.1 Å². The lowest BCUT2D eigenvalue weighted by molar-refractivity contribution is -0.0129. The number of nitrogens with zero attached hydrogens (tertiary/aromatic N) is 1. The smallest absolute Gasteiger partial charge is 0.123 e. The van der Waals surface area contributed by atoms with Crippen molar-refractivity contribution in [2.45, 2.75) is 50.7 Å². The van der Waals surface area contributed by atoms with Gasteiger partial charge in [-0.1, -0.05) is 42.8 Å². The third-order valence-corrected chi connectivity index (χ3v) is 7.31. The minimum Gasteiger partial charge on any atom is -0.361 e. The molecule has 5 rings (SSSR count). The Bertz CT molecular complexity index is 1350. The van der Waals surface area contributed by atoms with Crippen LogP contribution in [0.25, 0.3) is 10.9 Å². The second-order valence-electron chi connectivity index (χ2n) is 9.63. The minimum absolute atomic E-state index is 0.252. The molecule has 0 unspecified atom stereocenters. The van der Waals surface area contributed by atoms with Gasteiger partial charge in [-0.3, -0.25) is 0 Å². The first-order valence-corrected chi connectivity index (χ1v) is 12.9. The van der Waals surface area contributed by atoms with Crippen LogP contribution in [0, 0.1) is 17.1 Å². The van der Waals surface area contributed by atoms with E-state index in [1.165, 1.54) is 41.4 Å². The second-order valence-corrected chi connectivity index (χ2v) is 9.63. The first kappa shape index (κ1) is 24.2. The molecule has 5 heteroatoms. The molecule has 0 amide bonds. The molecule has 0 radical (unpaired) electrons. The van der Waals surface area contributed by atoms with Gasteiger partial charge in [0.05, 0.1) is 18.2 Å². The molecular weight excluding hydrogens is 449 g/mol. The Morgan fingerprint density at radius 3 is 2.67 bits per heavy atom. The maximum absolute atomic E-state index is 13.6. The summed E-state index contributed by atoms with van der Waals surface area (Å²) in [5.74, 6) is -0.252. The molecule has 1 aliphatic rings. The van der Waals surface area contributed by atoms with Crippen LogP contribution in [0.15, 0.2) is 72.9 Å². The van der Waals surface area contributed by atoms with E-state index in [1.54, 1.807) is 0 Å². The molecule has 1 aliphatic heterocycles. The number of halogens is 1. The molecule has 0 spiro atoms. The molecule has 3 aromatic carbocycles. The summed E-state index contributed by atoms with van der Waals surface area (Å²) in [5, 5.41) is 14.2. The third-order valence-electron chi connectivity index (χ3n) is 7.31. The van der Waals surface area contributed by atoms with E-state index in [0.29, 0.717) is 12.2 Å². The van der Waals surface area contributed by atoms with Crippen LogP contribution >= 0.6 is 0 Å². The molecule has 0 aliphatic carbocycles. The highest BCUT2D eigenvalue weighted by molar-refractivity contribution is 5.83. The zero-order valence-corrected chi connectivity index (χ0v) is 20.5. The fourth-order valence-corrected chi connectivity index (χ4v) is 5.43. The topological polar surface area (TPSA) is 60.8 Å². The van der Waals surface area contributed by atoms with E-state index in [1.807, 2.05) is 30.3 Å². The Balaban J connectivity index is 1.11. The molecule has 4 nitrogen and oxygen atoms in total. The maximum atomic E-state index is 13.6. The van der Waals surface area contributed by atoms with Crippen molar-refractivity contribution in [3.63, 3.8) is 0 Å². The van der Waals surface area contributed by atoms with Crippen molar-refractivity contribution in [3.8, 4) is 6.07 Å². The summed E-state index contributed by atoms with van der Waals surface area (Å²) < 4.78 is 20.0. The predicted molar refractivity (Wildman–Crippen MR) is 141 cm³/mol. The van der Waals surface area contributed by atoms with Crippen molar-refractivity contribution in [3.05, 3.63) is 107 Å². The Labute approximate surface area is 212 Å². The number of nitrogens with one attached hydrogen (secondary N) is 2. The summed E-state index contributed by atoms with van der Waals surface area (Å²) in [7, 11) is 0. The molecule has 36 heavy (non-hydrogen) atoms. The normalized spacial score (nSPS) is 16.8. The monoisotopic (exact) mass is 481 g/mol. The summed E-state index contributed by atoms with van der Waals surface area (Å²) in [6.07, 6.45) is 8.52. The number of fused-ring (bicyclic) bond motifs is 2. The van der Waals surface area contributed by atoms with Crippen molar-refractivity contribution < 1.29 is 9.13 Å². The number of aromatic nitrogens is 1. The molecule has 0 bridgehead atoms. The largest absolute Gasteiger partial charge is 0.361 e. The second kappa shape index (κ2) is 11.1. The van der Waals surface area contributed by atoms with Gasteiger partial charge in [0.1, 0.15) is 11.4 Å². The van der Waals surface area contributed by atoms with E-state index < -0.39 is 5.60 Å². The fourth-order valence-electron chi connectivity index (χ4n) is 5.43. The summed E-state index contributed by atoms with van der Waals surface area (Å²) in [6, 6.07) is 23.1. The number of aryl methyl sites for hydroxylation is 1. The number of ether oxygens (including phenoxy) is 1. The van der Waals surface area contributed by atoms with Gasteiger partial charge >= 0.3 is 0 Å². The van der Waals surface area contributed by atoms with Gasteiger partial charge in [-0.25, -0.2) is 4.39 Å². The molecule has 0 saturated heterocycles. The number of benzene rings is 3. The zero-order chi connectivity index (χ0) is 24.8. The molecular formula is C31H32FN3O. The summed E-state index contributed by atoms with van der Waals surface area (Å²) in [6.45, 7) is 2.37. The highest BCUT2D eigenvalue weighted by Crippen LogP contribution is 2.45. The van der Waals surface area contributed by atoms with Gasteiger partial charge in [0.2, 0.25) is 0 Å². The average Bonchev–Trinajstić information content (AvgIpc) is 3.50. The van der Waals surface area contributed by atoms with Crippen molar-refractivity contribution in [1.29, 1.82) is 5.26 Å². The number of hydrogen-bond donors (Lipinski definition) is 2. The standard InChI is InChI=1S/C31H32FN3O/c32-27-13-11-26(12-14-27)31(29-15-10-23(20-33)19-25(29)22-36-31)16-6-18-34-17-5-1-2-7-24-21-35-30-9-4-3-8-28(24)30/h3-4,8-15,19,21,34-35H,1-2,5-7,16-18,22H2/t31-/m0/s1. The average molecular weight is 482 g/mol. The molecule has 2 N–H and O–H groups in total. The van der Waals surface area contributed by atoms with Crippen LogP contribution in [0.5, 0.6) is 0 Å². The first-order valence-electron chi connectivity index (χ1n) is 12.9. The Morgan fingerprint density at radius 2 is 1.81 bits per heavy atom. The van der Waals surface area contributed by atoms with Crippen molar-refractivity contribution in [1.82, 2.24) is 10.3 Å². The number of para-hydroxylation sites is 1. The summed E-state index contributed by atoms with van der Waals surface area (Å²) >= 11 is 0. The lowest BCUT2D eigenvalue weighted by atomic mass is 9.81. The Morgan fingerprint density at radius 1 is 0.972 bits per heavy atom. The highest BCUT2D eigenvalue weighted by atomic mass is 19.1. The van der Waals surface area contributed by atoms with Crippen LogP contribution in [-0.4, -0.2) is 18.1 Å². The van der Waals surface area contributed by atoms with Crippen LogP contribution < -0.4 is 5.32 Å². The molecule has 1 atom stereocenters. The molecule has 184 valence electrons. The van der Waals surface area contributed by atoms with E-state index in [-0.39, 0.29) is 5.82 Å². The molecule has 2 heterocycles. The van der Waals surface area contributed by atoms with Gasteiger partial charge in [-0.15, -0.1) is 0 Å². The SMILES string of the molecule is N#Cc1ccc2c(c1)CO[C@@]2(CCCNCCCCCc1c[nH]c2ccccc12)c1ccc(F)cc1. The molecule has 1 aromatic heterocycles. The summed E-state index contributed by atoms with van der Waals surface area (Å²) in [5.41, 5.74) is 5.75. The van der Waals surface area contributed by atoms with Gasteiger partial charge in [-0.05, 0) is 97.8 Å². The van der Waals surface area contributed by atoms with Crippen molar-refractivity contribution >= 4 is 10.9 Å². The molecule has 0 saturated carbocycles. The zero-order valence-electron chi connectivity index (χ0n) is 20.5. The van der Waals surface area contributed by atoms with E-state index in [4.69, 9.17) is 4.74 Å². The summed E-state index contributed by atoms with van der Waals surface area (Å²) in [4.78, 5) is 3.36. The number of hydrogen-bond acceptors (Lipinski definition) is 3. The predicted octanol–water partition coefficient (Wildman–Crippen LogP) is 6.74. The molecule has 4 aromatic rings. The number of H-pyrrole nitrogens is 1. The van der Waals surface area contributed by atoms with Crippen molar-refractivity contribution in [2.24, 2.45) is 0 Å². The highest BCUT2D eigenvalue weighted by Gasteiger charge is 2.41. The van der Waals surface area contributed by atoms with Gasteiger partial charge in [-0.2, -0.15) is 5.26 Å². The maximum Gasteiger partial charge on any atom is 0.123 e. The first-order chi connectivity index (χ1) is 17.7. The molecule has 0 fully saturated rings. The van der Waals surface area contributed by atoms with E-state index in [0.717, 1.165) is 55.5 Å². The van der Waals surface area contributed by atoms with Crippen LogP contribution in [0.4, 0.5) is 4.39 Å². The number of unbranched alkanes of at least 4 members (excludes halogenated alkanes) is 2. The van der Waals surface area contributed by atoms with Crippen LogP contribution in [0.3, 0.4) is 0 Å². The fraction of sp³-hybridized carbons (Fsp3) is 0.323. The van der Waals surface area contributed by atoms with E-state index in [9.17, 15) is 9.65 Å². The van der Waals surface area contributed by atoms with Gasteiger partial charge < -0.3 is 15.0 Å². The van der Waals surface area contributed by atoms with Gasteiger partial charge in [0.25, 0.3) is 0 Å². The van der Waals surface area contributed by atoms with E-state index in [2.05, 4.69) is 46.8 Å². The van der Waals surface area contributed by atoms with E-state index >= 15 is 0 Å². The lowest BCUT2D eigenvalue weighted by Gasteiger charge is -2.30. The Kier molecular flexibility index (Phi) is 7.46. The quantitative estimate of drug-likeness (QED) is 0.233. The lowest BCUT2D eigenvalue weighted by Crippen LogP contribution is -2.29. The van der Waals surface area contributed by atoms with Gasteiger partial charge in [0, 0.05) is 17.1 Å². The third kappa shape index (κ3) is 5.06. The van der Waals surface area contributed by atoms with Crippen LogP contribution in [-0.2, 0) is 23.4 Å². The number of rotatable bonds is 11.